The first kappa shape index (κ1) is 17.4. The maximum absolute atomic E-state index is 11.3. The Labute approximate surface area is 142 Å². The van der Waals surface area contributed by atoms with Crippen LogP contribution in [0.15, 0.2) is 48.5 Å². The Hall–Kier alpha value is -3.00. The molecule has 5 nitrogen and oxygen atoms in total. The summed E-state index contributed by atoms with van der Waals surface area (Å²) >= 11 is 0. The van der Waals surface area contributed by atoms with Crippen molar-refractivity contribution in [1.29, 1.82) is 5.26 Å². The largest absolute Gasteiger partial charge is 0.399 e. The molecule has 0 spiro atoms. The monoisotopic (exact) mass is 322 g/mol. The molecule has 0 bridgehead atoms. The van der Waals surface area contributed by atoms with Gasteiger partial charge in [0.25, 0.3) is 0 Å². The molecule has 0 saturated heterocycles. The minimum absolute atomic E-state index is 0.150. The molecule has 124 valence electrons. The Kier molecular flexibility index (Phi) is 6.21. The van der Waals surface area contributed by atoms with E-state index in [1.54, 1.807) is 12.1 Å². The van der Waals surface area contributed by atoms with Crippen LogP contribution in [0.2, 0.25) is 0 Å². The third kappa shape index (κ3) is 5.33. The second kappa shape index (κ2) is 8.59. The van der Waals surface area contributed by atoms with Gasteiger partial charge in [0.05, 0.1) is 18.2 Å². The number of anilines is 2. The number of nitriles is 1. The summed E-state index contributed by atoms with van der Waals surface area (Å²) in [7, 11) is 0. The molecule has 0 atom stereocenters. The first-order chi connectivity index (χ1) is 11.6. The van der Waals surface area contributed by atoms with Crippen LogP contribution < -0.4 is 16.4 Å². The Bertz CT molecular complexity index is 719. The van der Waals surface area contributed by atoms with E-state index in [1.165, 1.54) is 5.56 Å². The number of hydrogen-bond donors (Lipinski definition) is 2. The van der Waals surface area contributed by atoms with Crippen molar-refractivity contribution in [2.75, 3.05) is 23.7 Å². The van der Waals surface area contributed by atoms with Crippen molar-refractivity contribution in [3.8, 4) is 6.07 Å². The van der Waals surface area contributed by atoms with E-state index in [4.69, 9.17) is 16.7 Å². The molecule has 5 heteroatoms. The van der Waals surface area contributed by atoms with Gasteiger partial charge in [-0.15, -0.1) is 0 Å². The second-order valence-corrected chi connectivity index (χ2v) is 5.75. The molecule has 0 heterocycles. The molecule has 0 aliphatic carbocycles. The van der Waals surface area contributed by atoms with Gasteiger partial charge in [0.2, 0.25) is 5.91 Å². The summed E-state index contributed by atoms with van der Waals surface area (Å²) < 4.78 is 0. The van der Waals surface area contributed by atoms with Crippen LogP contribution in [0.5, 0.6) is 0 Å². The molecule has 0 saturated carbocycles. The lowest BCUT2D eigenvalue weighted by Gasteiger charge is -2.23. The highest BCUT2D eigenvalue weighted by Gasteiger charge is 2.10. The van der Waals surface area contributed by atoms with Gasteiger partial charge in [0.15, 0.2) is 0 Å². The molecular formula is C19H22N4O. The van der Waals surface area contributed by atoms with E-state index in [1.807, 2.05) is 41.3 Å². The second-order valence-electron chi connectivity index (χ2n) is 5.75. The van der Waals surface area contributed by atoms with Crippen LogP contribution in [0.25, 0.3) is 0 Å². The fraction of sp³-hybridized carbons (Fsp3) is 0.263. The van der Waals surface area contributed by atoms with Gasteiger partial charge in [-0.3, -0.25) is 4.79 Å². The standard InChI is InChI=1S/C19H22N4O/c20-13-16-5-3-6-18(12-16)23(14-19(22)24)11-2-1-4-15-7-9-17(21)10-8-15/h3,5-10,12H,1-2,4,11,14,21H2,(H2,22,24). The minimum Gasteiger partial charge on any atom is -0.399 e. The number of carbonyl (C=O) groups excluding carboxylic acids is 1. The molecule has 0 aliphatic rings. The number of carbonyl (C=O) groups is 1. The molecule has 0 radical (unpaired) electrons. The fourth-order valence-electron chi connectivity index (χ4n) is 2.58. The summed E-state index contributed by atoms with van der Waals surface area (Å²) in [6, 6.07) is 17.2. The molecule has 1 amide bonds. The Morgan fingerprint density at radius 2 is 1.88 bits per heavy atom. The Morgan fingerprint density at radius 3 is 2.54 bits per heavy atom. The molecule has 0 unspecified atom stereocenters. The highest BCUT2D eigenvalue weighted by molar-refractivity contribution is 5.79. The first-order valence-corrected chi connectivity index (χ1v) is 7.96. The van der Waals surface area contributed by atoms with Gasteiger partial charge in [-0.1, -0.05) is 18.2 Å². The lowest BCUT2D eigenvalue weighted by Crippen LogP contribution is -2.34. The summed E-state index contributed by atoms with van der Waals surface area (Å²) in [5.74, 6) is -0.379. The maximum Gasteiger partial charge on any atom is 0.236 e. The van der Waals surface area contributed by atoms with Crippen LogP contribution in [0.4, 0.5) is 11.4 Å². The predicted molar refractivity (Wildman–Crippen MR) is 96.4 cm³/mol. The smallest absolute Gasteiger partial charge is 0.236 e. The quantitative estimate of drug-likeness (QED) is 0.576. The van der Waals surface area contributed by atoms with Gasteiger partial charge in [-0.25, -0.2) is 0 Å². The maximum atomic E-state index is 11.3. The third-order valence-corrected chi connectivity index (χ3v) is 3.81. The van der Waals surface area contributed by atoms with Crippen molar-refractivity contribution in [3.63, 3.8) is 0 Å². The van der Waals surface area contributed by atoms with E-state index >= 15 is 0 Å². The highest BCUT2D eigenvalue weighted by atomic mass is 16.1. The van der Waals surface area contributed by atoms with Crippen LogP contribution in [-0.4, -0.2) is 19.0 Å². The average Bonchev–Trinajstić information content (AvgIpc) is 2.59. The predicted octanol–water partition coefficient (Wildman–Crippen LogP) is 2.46. The first-order valence-electron chi connectivity index (χ1n) is 7.96. The summed E-state index contributed by atoms with van der Waals surface area (Å²) in [5, 5.41) is 9.02. The normalized spacial score (nSPS) is 10.1. The van der Waals surface area contributed by atoms with Crippen LogP contribution in [-0.2, 0) is 11.2 Å². The van der Waals surface area contributed by atoms with Crippen LogP contribution in [0.3, 0.4) is 0 Å². The molecule has 2 aromatic rings. The number of primary amides is 1. The fourth-order valence-corrected chi connectivity index (χ4v) is 2.58. The molecule has 24 heavy (non-hydrogen) atoms. The van der Waals surface area contributed by atoms with Gasteiger partial charge >= 0.3 is 0 Å². The molecule has 0 aliphatic heterocycles. The van der Waals surface area contributed by atoms with Crippen molar-refractivity contribution in [1.82, 2.24) is 0 Å². The van der Waals surface area contributed by atoms with E-state index < -0.39 is 0 Å². The number of rotatable bonds is 8. The zero-order valence-corrected chi connectivity index (χ0v) is 13.6. The van der Waals surface area contributed by atoms with Gasteiger partial charge in [-0.2, -0.15) is 5.26 Å². The molecule has 2 rings (SSSR count). The van der Waals surface area contributed by atoms with E-state index in [0.29, 0.717) is 12.1 Å². The number of aryl methyl sites for hydroxylation is 1. The van der Waals surface area contributed by atoms with E-state index in [-0.39, 0.29) is 12.5 Å². The summed E-state index contributed by atoms with van der Waals surface area (Å²) in [6.07, 6.45) is 2.88. The van der Waals surface area contributed by atoms with Crippen molar-refractivity contribution < 1.29 is 4.79 Å². The molecule has 2 aromatic carbocycles. The topological polar surface area (TPSA) is 96.1 Å². The van der Waals surface area contributed by atoms with Crippen LogP contribution in [0.1, 0.15) is 24.0 Å². The number of amides is 1. The van der Waals surface area contributed by atoms with Gasteiger partial charge in [0.1, 0.15) is 0 Å². The van der Waals surface area contributed by atoms with Gasteiger partial charge in [-0.05, 0) is 55.2 Å². The van der Waals surface area contributed by atoms with Crippen LogP contribution >= 0.6 is 0 Å². The van der Waals surface area contributed by atoms with E-state index in [2.05, 4.69) is 6.07 Å². The van der Waals surface area contributed by atoms with E-state index in [9.17, 15) is 4.79 Å². The highest BCUT2D eigenvalue weighted by Crippen LogP contribution is 2.17. The number of nitrogen functional groups attached to an aromatic ring is 1. The Balaban J connectivity index is 1.92. The number of hydrogen-bond acceptors (Lipinski definition) is 4. The zero-order valence-electron chi connectivity index (χ0n) is 13.6. The molecular weight excluding hydrogens is 300 g/mol. The molecule has 0 aromatic heterocycles. The number of nitrogens with zero attached hydrogens (tertiary/aromatic N) is 2. The Morgan fingerprint density at radius 1 is 1.12 bits per heavy atom. The molecule has 0 fully saturated rings. The summed E-state index contributed by atoms with van der Waals surface area (Å²) in [5.41, 5.74) is 14.5. The number of unbranched alkanes of at least 4 members (excludes halogenated alkanes) is 1. The summed E-state index contributed by atoms with van der Waals surface area (Å²) in [6.45, 7) is 0.865. The van der Waals surface area contributed by atoms with Gasteiger partial charge < -0.3 is 16.4 Å². The number of benzene rings is 2. The summed E-state index contributed by atoms with van der Waals surface area (Å²) in [4.78, 5) is 13.3. The zero-order chi connectivity index (χ0) is 17.4. The third-order valence-electron chi connectivity index (χ3n) is 3.81. The van der Waals surface area contributed by atoms with E-state index in [0.717, 1.165) is 30.6 Å². The van der Waals surface area contributed by atoms with Crippen molar-refractivity contribution in [3.05, 3.63) is 59.7 Å². The average molecular weight is 322 g/mol. The van der Waals surface area contributed by atoms with Gasteiger partial charge in [0, 0.05) is 17.9 Å². The van der Waals surface area contributed by atoms with Crippen LogP contribution in [0, 0.1) is 11.3 Å². The number of nitrogens with two attached hydrogens (primary N) is 2. The lowest BCUT2D eigenvalue weighted by atomic mass is 10.1. The lowest BCUT2D eigenvalue weighted by molar-refractivity contribution is -0.116. The van der Waals surface area contributed by atoms with Crippen molar-refractivity contribution in [2.45, 2.75) is 19.3 Å². The minimum atomic E-state index is -0.379. The van der Waals surface area contributed by atoms with Crippen molar-refractivity contribution >= 4 is 17.3 Å². The molecule has 4 N–H and O–H groups in total. The van der Waals surface area contributed by atoms with Crippen molar-refractivity contribution in [2.24, 2.45) is 5.73 Å². The SMILES string of the molecule is N#Cc1cccc(N(CCCCc2ccc(N)cc2)CC(N)=O)c1.